The molecule has 4 aromatic rings. The van der Waals surface area contributed by atoms with Crippen LogP contribution >= 0.6 is 0 Å². The predicted octanol–water partition coefficient (Wildman–Crippen LogP) is 4.63. The van der Waals surface area contributed by atoms with Crippen molar-refractivity contribution in [1.29, 1.82) is 0 Å². The lowest BCUT2D eigenvalue weighted by Gasteiger charge is -2.30. The number of hydrogen-bond donors (Lipinski definition) is 4. The van der Waals surface area contributed by atoms with Gasteiger partial charge in [0.25, 0.3) is 5.91 Å². The number of aliphatic hydroxyl groups excluding tert-OH is 1. The van der Waals surface area contributed by atoms with E-state index >= 15 is 0 Å². The van der Waals surface area contributed by atoms with Crippen LogP contribution < -0.4 is 20.1 Å². The second-order valence-electron chi connectivity index (χ2n) is 16.6. The Bertz CT molecular complexity index is 2480. The molecular formula is C42H46FN5O10S. The average molecular weight is 832 g/mol. The van der Waals surface area contributed by atoms with Gasteiger partial charge in [0.2, 0.25) is 21.8 Å². The van der Waals surface area contributed by atoms with Gasteiger partial charge in [0.15, 0.2) is 11.3 Å². The number of benzene rings is 2. The normalized spacial score (nSPS) is 28.6. The summed E-state index contributed by atoms with van der Waals surface area (Å²) in [5, 5.41) is 16.6. The molecule has 4 N–H and O–H groups in total. The van der Waals surface area contributed by atoms with Crippen LogP contribution in [0.15, 0.2) is 59.0 Å². The number of ether oxygens (including phenoxy) is 2. The molecule has 4 heterocycles. The minimum Gasteiger partial charge on any atom is -0.484 e. The van der Waals surface area contributed by atoms with E-state index < -0.39 is 80.7 Å². The molecule has 17 heteroatoms. The highest BCUT2D eigenvalue weighted by Gasteiger charge is 2.62. The molecule has 6 atom stereocenters. The number of para-hydroxylation sites is 1. The number of nitrogens with one attached hydrogen (secondary N) is 3. The molecule has 9 rings (SSSR count). The molecule has 3 aliphatic carbocycles. The number of carbonyl (C=O) groups is 4. The summed E-state index contributed by atoms with van der Waals surface area (Å²) < 4.78 is 61.4. The Morgan fingerprint density at radius 2 is 1.73 bits per heavy atom. The zero-order chi connectivity index (χ0) is 41.1. The van der Waals surface area contributed by atoms with Crippen LogP contribution in [0.2, 0.25) is 0 Å². The number of pyridine rings is 1. The number of hydrogen-bond acceptors (Lipinski definition) is 11. The molecule has 0 bridgehead atoms. The summed E-state index contributed by atoms with van der Waals surface area (Å²) in [6.45, 7) is -0.148. The highest BCUT2D eigenvalue weighted by molar-refractivity contribution is 7.91. The van der Waals surface area contributed by atoms with Crippen LogP contribution in [-0.2, 0) is 29.1 Å². The van der Waals surface area contributed by atoms with Crippen LogP contribution in [0.3, 0.4) is 0 Å². The number of nitrogens with zero attached hydrogens (tertiary/aromatic N) is 2. The topological polar surface area (TPSA) is 206 Å². The van der Waals surface area contributed by atoms with Gasteiger partial charge in [-0.05, 0) is 88.1 Å². The number of fused-ring (bicyclic) bond motifs is 6. The highest BCUT2D eigenvalue weighted by Crippen LogP contribution is 2.46. The zero-order valence-corrected chi connectivity index (χ0v) is 33.0. The minimum absolute atomic E-state index is 0.0599. The summed E-state index contributed by atoms with van der Waals surface area (Å²) in [6.07, 6.45) is 5.84. The van der Waals surface area contributed by atoms with Crippen molar-refractivity contribution in [3.8, 4) is 5.75 Å². The summed E-state index contributed by atoms with van der Waals surface area (Å²) in [6, 6.07) is 8.99. The largest absolute Gasteiger partial charge is 0.484 e. The standard InChI is InChI=1S/C42H46FN5O10S/c43-24-14-18-31-30(19-24)36(37-35(44-31)29-10-4-6-12-34(29)58-37)56-27-20-33-38(50)46-42(40(52)47-59(54,55)28-16-17-28)21-23(42)13-15-25(49)7-1-5-11-32(39(51)48(33)22-27)45-41(53)57-26-8-2-3-9-26/h4,6,10,12-15,18-19,23,25-28,32-33,49H,1-3,5,7-9,11,16-17,20-22H2,(H,45,53)(H,46,50)(H,47,52)/b15-13-/t23-,25?,27-,32+,33+,42-/m1/s1. The average Bonchev–Trinajstić information content (AvgIpc) is 4.02. The van der Waals surface area contributed by atoms with Gasteiger partial charge in [0, 0.05) is 23.1 Å². The molecule has 4 amide bonds. The number of aliphatic hydroxyl groups is 1. The maximum Gasteiger partial charge on any atom is 0.408 e. The highest BCUT2D eigenvalue weighted by atomic mass is 32.2. The number of furan rings is 1. The van der Waals surface area contributed by atoms with E-state index in [0.29, 0.717) is 59.5 Å². The van der Waals surface area contributed by atoms with Crippen LogP contribution in [0.1, 0.15) is 77.0 Å². The van der Waals surface area contributed by atoms with E-state index in [1.165, 1.54) is 29.2 Å². The fraction of sp³-hybridized carbons (Fsp3) is 0.500. The van der Waals surface area contributed by atoms with Gasteiger partial charge in [-0.25, -0.2) is 22.6 Å². The number of aromatic nitrogens is 1. The van der Waals surface area contributed by atoms with Crippen LogP contribution in [0.5, 0.6) is 5.75 Å². The molecule has 2 aromatic heterocycles. The maximum atomic E-state index is 14.8. The lowest BCUT2D eigenvalue weighted by molar-refractivity contribution is -0.141. The first-order chi connectivity index (χ1) is 28.4. The fourth-order valence-electron chi connectivity index (χ4n) is 8.80. The zero-order valence-electron chi connectivity index (χ0n) is 32.2. The molecule has 0 radical (unpaired) electrons. The SMILES string of the molecule is O=C(N[C@H]1CCCCC(O)/C=C\[C@@H]2C[C@@]2(C(=O)NS(=O)(=O)C2CC2)NC(=O)[C@@H]2C[C@@H](Oc3c4cc(F)ccc4nc4c3oc3ccccc34)CN2C1=O)OC1CCCC1. The number of amides is 4. The molecule has 2 aliphatic heterocycles. The Labute approximate surface area is 339 Å². The maximum absolute atomic E-state index is 14.8. The van der Waals surface area contributed by atoms with E-state index in [1.807, 2.05) is 18.2 Å². The van der Waals surface area contributed by atoms with Gasteiger partial charge in [-0.3, -0.25) is 19.1 Å². The van der Waals surface area contributed by atoms with Crippen molar-refractivity contribution in [2.75, 3.05) is 6.54 Å². The second kappa shape index (κ2) is 15.4. The first kappa shape index (κ1) is 39.2. The van der Waals surface area contributed by atoms with E-state index in [9.17, 15) is 37.1 Å². The molecule has 5 aliphatic rings. The van der Waals surface area contributed by atoms with Crippen molar-refractivity contribution >= 4 is 66.8 Å². The summed E-state index contributed by atoms with van der Waals surface area (Å²) in [5.74, 6) is -3.24. The van der Waals surface area contributed by atoms with Gasteiger partial charge in [-0.1, -0.05) is 37.1 Å². The molecule has 15 nitrogen and oxygen atoms in total. The van der Waals surface area contributed by atoms with Crippen LogP contribution in [0.4, 0.5) is 9.18 Å². The Hall–Kier alpha value is -5.29. The molecule has 312 valence electrons. The number of alkyl carbamates (subject to hydrolysis) is 1. The third kappa shape index (κ3) is 7.81. The van der Waals surface area contributed by atoms with Crippen LogP contribution in [0, 0.1) is 11.7 Å². The molecule has 4 fully saturated rings. The fourth-order valence-corrected chi connectivity index (χ4v) is 10.2. The number of sulfonamides is 1. The number of rotatable bonds is 7. The molecule has 1 unspecified atom stereocenters. The number of carbonyl (C=O) groups excluding carboxylic acids is 4. The van der Waals surface area contributed by atoms with Gasteiger partial charge in [0.1, 0.15) is 46.7 Å². The van der Waals surface area contributed by atoms with Crippen molar-refractivity contribution in [3.05, 3.63) is 60.4 Å². The van der Waals surface area contributed by atoms with Gasteiger partial charge < -0.3 is 34.5 Å². The van der Waals surface area contributed by atoms with Gasteiger partial charge in [-0.2, -0.15) is 0 Å². The Balaban J connectivity index is 1.07. The molecule has 0 spiro atoms. The first-order valence-electron chi connectivity index (χ1n) is 20.5. The third-order valence-electron chi connectivity index (χ3n) is 12.3. The monoisotopic (exact) mass is 831 g/mol. The van der Waals surface area contributed by atoms with E-state index in [0.717, 1.165) is 25.7 Å². The molecule has 2 aromatic carbocycles. The summed E-state index contributed by atoms with van der Waals surface area (Å²) in [7, 11) is -3.99. The van der Waals surface area contributed by atoms with E-state index in [-0.39, 0.29) is 43.2 Å². The minimum atomic E-state index is -3.99. The lowest BCUT2D eigenvalue weighted by atomic mass is 10.0. The predicted molar refractivity (Wildman–Crippen MR) is 212 cm³/mol. The van der Waals surface area contributed by atoms with Crippen molar-refractivity contribution in [2.24, 2.45) is 5.92 Å². The van der Waals surface area contributed by atoms with Crippen molar-refractivity contribution in [2.45, 2.75) is 118 Å². The third-order valence-corrected chi connectivity index (χ3v) is 14.1. The molecule has 59 heavy (non-hydrogen) atoms. The summed E-state index contributed by atoms with van der Waals surface area (Å²) in [5.41, 5.74) is 0.00896. The smallest absolute Gasteiger partial charge is 0.408 e. The van der Waals surface area contributed by atoms with E-state index in [2.05, 4.69) is 15.4 Å². The number of halogens is 1. The summed E-state index contributed by atoms with van der Waals surface area (Å²) in [4.78, 5) is 62.5. The molecule has 1 saturated heterocycles. The van der Waals surface area contributed by atoms with E-state index in [1.54, 1.807) is 12.1 Å². The van der Waals surface area contributed by atoms with Gasteiger partial charge >= 0.3 is 6.09 Å². The Morgan fingerprint density at radius 3 is 2.53 bits per heavy atom. The Morgan fingerprint density at radius 1 is 0.966 bits per heavy atom. The van der Waals surface area contributed by atoms with Gasteiger partial charge in [0.05, 0.1) is 23.4 Å². The Kier molecular flexibility index (Phi) is 10.2. The van der Waals surface area contributed by atoms with Crippen molar-refractivity contribution in [3.63, 3.8) is 0 Å². The molecule has 3 saturated carbocycles. The second-order valence-corrected chi connectivity index (χ2v) is 18.5. The van der Waals surface area contributed by atoms with Gasteiger partial charge in [-0.15, -0.1) is 0 Å². The van der Waals surface area contributed by atoms with E-state index in [4.69, 9.17) is 18.9 Å². The quantitative estimate of drug-likeness (QED) is 0.189. The van der Waals surface area contributed by atoms with Crippen LogP contribution in [-0.4, -0.2) is 95.0 Å². The lowest BCUT2D eigenvalue weighted by Crippen LogP contribution is -2.58. The summed E-state index contributed by atoms with van der Waals surface area (Å²) >= 11 is 0. The van der Waals surface area contributed by atoms with Crippen molar-refractivity contribution < 1.29 is 51.0 Å². The first-order valence-corrected chi connectivity index (χ1v) is 22.0. The van der Waals surface area contributed by atoms with Crippen LogP contribution in [0.25, 0.3) is 33.0 Å². The molecular weight excluding hydrogens is 786 g/mol. The van der Waals surface area contributed by atoms with Crippen molar-refractivity contribution in [1.82, 2.24) is 25.2 Å².